The van der Waals surface area contributed by atoms with Crippen LogP contribution in [-0.2, 0) is 11.2 Å². The molecule has 0 radical (unpaired) electrons. The second-order valence-electron chi connectivity index (χ2n) is 7.00. The van der Waals surface area contributed by atoms with Gasteiger partial charge in [-0.3, -0.25) is 4.79 Å². The number of hydrogen-bond donors (Lipinski definition) is 0. The maximum atomic E-state index is 12.6. The Labute approximate surface area is 147 Å². The van der Waals surface area contributed by atoms with Crippen molar-refractivity contribution in [2.24, 2.45) is 5.92 Å². The van der Waals surface area contributed by atoms with Crippen molar-refractivity contribution in [3.63, 3.8) is 0 Å². The molecule has 1 amide bonds. The number of carbonyl (C=O) groups is 1. The molecule has 25 heavy (non-hydrogen) atoms. The number of hydrogen-bond acceptors (Lipinski definition) is 4. The summed E-state index contributed by atoms with van der Waals surface area (Å²) in [7, 11) is 1.82. The average molecular weight is 343 g/mol. The third-order valence-electron chi connectivity index (χ3n) is 4.67. The number of likely N-dealkylation sites (N-methyl/N-ethyl adjacent to an activating group) is 1. The number of benzene rings is 1. The highest BCUT2D eigenvalue weighted by Crippen LogP contribution is 2.32. The van der Waals surface area contributed by atoms with Gasteiger partial charge in [-0.1, -0.05) is 6.92 Å². The minimum atomic E-state index is -0.592. The van der Waals surface area contributed by atoms with E-state index in [9.17, 15) is 9.59 Å². The number of ether oxygens (including phenoxy) is 1. The normalized spacial score (nSPS) is 15.2. The van der Waals surface area contributed by atoms with Crippen molar-refractivity contribution in [3.8, 4) is 5.75 Å². The molecule has 2 aromatic rings. The molecule has 1 unspecified atom stereocenters. The van der Waals surface area contributed by atoms with Gasteiger partial charge in [-0.2, -0.15) is 0 Å². The van der Waals surface area contributed by atoms with Crippen molar-refractivity contribution >= 4 is 16.9 Å². The summed E-state index contributed by atoms with van der Waals surface area (Å²) in [4.78, 5) is 26.1. The molecule has 0 aliphatic heterocycles. The van der Waals surface area contributed by atoms with Gasteiger partial charge in [0.1, 0.15) is 11.3 Å². The van der Waals surface area contributed by atoms with Crippen molar-refractivity contribution in [2.75, 3.05) is 13.6 Å². The number of aryl methyl sites for hydroxylation is 2. The van der Waals surface area contributed by atoms with Gasteiger partial charge in [-0.05, 0) is 62.3 Å². The molecule has 0 N–H and O–H groups in total. The fourth-order valence-electron chi connectivity index (χ4n) is 3.17. The standard InChI is InChI=1S/C20H25NO4/c1-5-15-10-18(22)25-17-9-12(2)8-16(19(15)17)24-13(3)20(23)21(4)11-14-6-7-14/h8-10,13-14H,5-7,11H2,1-4H3. The number of rotatable bonds is 6. The fraction of sp³-hybridized carbons (Fsp3) is 0.500. The van der Waals surface area contributed by atoms with E-state index in [2.05, 4.69) is 0 Å². The van der Waals surface area contributed by atoms with Crippen LogP contribution in [0.15, 0.2) is 27.4 Å². The van der Waals surface area contributed by atoms with Gasteiger partial charge >= 0.3 is 5.63 Å². The van der Waals surface area contributed by atoms with Gasteiger partial charge in [-0.15, -0.1) is 0 Å². The van der Waals surface area contributed by atoms with Crippen LogP contribution in [0.4, 0.5) is 0 Å². The van der Waals surface area contributed by atoms with E-state index < -0.39 is 6.10 Å². The van der Waals surface area contributed by atoms with Crippen LogP contribution in [0.3, 0.4) is 0 Å². The van der Waals surface area contributed by atoms with Gasteiger partial charge < -0.3 is 14.1 Å². The van der Waals surface area contributed by atoms with Crippen LogP contribution in [0.25, 0.3) is 11.0 Å². The maximum absolute atomic E-state index is 12.6. The molecule has 1 heterocycles. The molecule has 0 bridgehead atoms. The molecule has 1 aromatic heterocycles. The van der Waals surface area contributed by atoms with Crippen LogP contribution < -0.4 is 10.4 Å². The van der Waals surface area contributed by atoms with E-state index in [4.69, 9.17) is 9.15 Å². The molecule has 1 atom stereocenters. The second kappa shape index (κ2) is 6.90. The van der Waals surface area contributed by atoms with Crippen molar-refractivity contribution < 1.29 is 13.9 Å². The second-order valence-corrected chi connectivity index (χ2v) is 7.00. The quantitative estimate of drug-likeness (QED) is 0.755. The number of nitrogens with zero attached hydrogens (tertiary/aromatic N) is 1. The molecule has 0 saturated heterocycles. The van der Waals surface area contributed by atoms with Gasteiger partial charge in [0, 0.05) is 19.7 Å². The van der Waals surface area contributed by atoms with E-state index in [0.29, 0.717) is 23.7 Å². The first-order valence-electron chi connectivity index (χ1n) is 8.88. The number of fused-ring (bicyclic) bond motifs is 1. The van der Waals surface area contributed by atoms with Crippen LogP contribution >= 0.6 is 0 Å². The van der Waals surface area contributed by atoms with Crippen molar-refractivity contribution in [1.29, 1.82) is 0 Å². The van der Waals surface area contributed by atoms with Crippen molar-refractivity contribution in [3.05, 3.63) is 39.7 Å². The number of carbonyl (C=O) groups excluding carboxylic acids is 1. The molecule has 1 saturated carbocycles. The minimum absolute atomic E-state index is 0.0306. The van der Waals surface area contributed by atoms with E-state index in [1.807, 2.05) is 33.0 Å². The largest absolute Gasteiger partial charge is 0.480 e. The SMILES string of the molecule is CCc1cc(=O)oc2cc(C)cc(OC(C)C(=O)N(C)CC3CC3)c12. The van der Waals surface area contributed by atoms with Gasteiger partial charge in [0.15, 0.2) is 6.10 Å². The smallest absolute Gasteiger partial charge is 0.336 e. The summed E-state index contributed by atoms with van der Waals surface area (Å²) >= 11 is 0. The molecule has 5 nitrogen and oxygen atoms in total. The van der Waals surface area contributed by atoms with Crippen LogP contribution in [0.1, 0.15) is 37.8 Å². The summed E-state index contributed by atoms with van der Waals surface area (Å²) in [5, 5.41) is 0.775. The van der Waals surface area contributed by atoms with E-state index in [0.717, 1.165) is 23.1 Å². The summed E-state index contributed by atoms with van der Waals surface area (Å²) in [6, 6.07) is 5.22. The Hall–Kier alpha value is -2.30. The lowest BCUT2D eigenvalue weighted by molar-refractivity contribution is -0.136. The molecule has 3 rings (SSSR count). The van der Waals surface area contributed by atoms with Crippen molar-refractivity contribution in [1.82, 2.24) is 4.90 Å². The summed E-state index contributed by atoms with van der Waals surface area (Å²) in [6.45, 7) is 6.45. The Bertz CT molecular complexity index is 851. The zero-order chi connectivity index (χ0) is 18.1. The monoisotopic (exact) mass is 343 g/mol. The van der Waals surface area contributed by atoms with Crippen LogP contribution in [0.2, 0.25) is 0 Å². The van der Waals surface area contributed by atoms with Crippen LogP contribution in [-0.4, -0.2) is 30.5 Å². The van der Waals surface area contributed by atoms with E-state index in [1.54, 1.807) is 11.8 Å². The highest BCUT2D eigenvalue weighted by Gasteiger charge is 2.28. The number of amides is 1. The molecule has 0 spiro atoms. The maximum Gasteiger partial charge on any atom is 0.336 e. The zero-order valence-electron chi connectivity index (χ0n) is 15.3. The molecule has 5 heteroatoms. The first-order valence-corrected chi connectivity index (χ1v) is 8.88. The fourth-order valence-corrected chi connectivity index (χ4v) is 3.17. The lowest BCUT2D eigenvalue weighted by Crippen LogP contribution is -2.39. The van der Waals surface area contributed by atoms with Gasteiger partial charge in [-0.25, -0.2) is 4.79 Å². The Balaban J connectivity index is 1.91. The zero-order valence-corrected chi connectivity index (χ0v) is 15.3. The molecule has 1 fully saturated rings. The molecule has 134 valence electrons. The molecule has 1 aliphatic carbocycles. The van der Waals surface area contributed by atoms with E-state index in [1.165, 1.54) is 18.9 Å². The van der Waals surface area contributed by atoms with Crippen LogP contribution in [0, 0.1) is 12.8 Å². The lowest BCUT2D eigenvalue weighted by atomic mass is 10.0. The predicted molar refractivity (Wildman–Crippen MR) is 97.1 cm³/mol. The Kier molecular flexibility index (Phi) is 4.84. The lowest BCUT2D eigenvalue weighted by Gasteiger charge is -2.23. The van der Waals surface area contributed by atoms with E-state index in [-0.39, 0.29) is 11.5 Å². The highest BCUT2D eigenvalue weighted by atomic mass is 16.5. The third kappa shape index (κ3) is 3.86. The van der Waals surface area contributed by atoms with Gasteiger partial charge in [0.25, 0.3) is 5.91 Å². The first kappa shape index (κ1) is 17.5. The Morgan fingerprint density at radius 1 is 1.36 bits per heavy atom. The Morgan fingerprint density at radius 2 is 2.08 bits per heavy atom. The molecule has 1 aliphatic rings. The summed E-state index contributed by atoms with van der Waals surface area (Å²) in [5.74, 6) is 1.20. The van der Waals surface area contributed by atoms with Crippen molar-refractivity contribution in [2.45, 2.75) is 46.1 Å². The van der Waals surface area contributed by atoms with Gasteiger partial charge in [0.2, 0.25) is 0 Å². The summed E-state index contributed by atoms with van der Waals surface area (Å²) in [6.07, 6.45) is 2.50. The van der Waals surface area contributed by atoms with E-state index >= 15 is 0 Å². The summed E-state index contributed by atoms with van der Waals surface area (Å²) in [5.41, 5.74) is 1.93. The summed E-state index contributed by atoms with van der Waals surface area (Å²) < 4.78 is 11.4. The first-order chi connectivity index (χ1) is 11.9. The van der Waals surface area contributed by atoms with Crippen LogP contribution in [0.5, 0.6) is 5.75 Å². The molecule has 1 aromatic carbocycles. The molecular weight excluding hydrogens is 318 g/mol. The predicted octanol–water partition coefficient (Wildman–Crippen LogP) is 3.30. The highest BCUT2D eigenvalue weighted by molar-refractivity contribution is 5.88. The topological polar surface area (TPSA) is 59.8 Å². The van der Waals surface area contributed by atoms with Gasteiger partial charge in [0.05, 0.1) is 5.39 Å². The Morgan fingerprint density at radius 3 is 2.72 bits per heavy atom. The minimum Gasteiger partial charge on any atom is -0.480 e. The third-order valence-corrected chi connectivity index (χ3v) is 4.67. The molecular formula is C20H25NO4. The average Bonchev–Trinajstić information content (AvgIpc) is 3.36.